The molecule has 1 aliphatic rings. The molecule has 0 aliphatic carbocycles. The van der Waals surface area contributed by atoms with Crippen molar-refractivity contribution in [2.45, 2.75) is 38.3 Å². The molecule has 3 rings (SSSR count). The van der Waals surface area contributed by atoms with Gasteiger partial charge in [-0.3, -0.25) is 9.89 Å². The molecule has 28 heavy (non-hydrogen) atoms. The van der Waals surface area contributed by atoms with Crippen LogP contribution in [0.3, 0.4) is 0 Å². The normalized spacial score (nSPS) is 17.4. The Morgan fingerprint density at radius 1 is 1.14 bits per heavy atom. The summed E-state index contributed by atoms with van der Waals surface area (Å²) in [5, 5.41) is 19.2. The molecule has 5 nitrogen and oxygen atoms in total. The van der Waals surface area contributed by atoms with Crippen molar-refractivity contribution in [1.82, 2.24) is 15.5 Å². The number of nitrogens with one attached hydrogen (secondary N) is 2. The van der Waals surface area contributed by atoms with Crippen LogP contribution in [0.2, 0.25) is 0 Å². The Morgan fingerprint density at radius 2 is 1.93 bits per heavy atom. The Hall–Kier alpha value is -1.89. The fourth-order valence-electron chi connectivity index (χ4n) is 3.61. The minimum atomic E-state index is -0.458. The van der Waals surface area contributed by atoms with Gasteiger partial charge < -0.3 is 15.7 Å². The maximum atomic E-state index is 10.3. The van der Waals surface area contributed by atoms with E-state index < -0.39 is 6.10 Å². The van der Waals surface area contributed by atoms with Gasteiger partial charge in [-0.2, -0.15) is 0 Å². The molecule has 1 fully saturated rings. The molecule has 0 bridgehead atoms. The van der Waals surface area contributed by atoms with Gasteiger partial charge in [0.25, 0.3) is 0 Å². The zero-order valence-electron chi connectivity index (χ0n) is 16.7. The maximum Gasteiger partial charge on any atom is 0.191 e. The molecule has 2 unspecified atom stereocenters. The van der Waals surface area contributed by atoms with E-state index in [-0.39, 0.29) is 0 Å². The van der Waals surface area contributed by atoms with Gasteiger partial charge in [-0.05, 0) is 56.3 Å². The lowest BCUT2D eigenvalue weighted by Crippen LogP contribution is -2.39. The van der Waals surface area contributed by atoms with Gasteiger partial charge in [-0.1, -0.05) is 36.4 Å². The second kappa shape index (κ2) is 11.2. The van der Waals surface area contributed by atoms with Crippen molar-refractivity contribution in [1.29, 1.82) is 0 Å². The first-order chi connectivity index (χ1) is 13.8. The third-order valence-electron chi connectivity index (χ3n) is 5.11. The minimum absolute atomic E-state index is 0.355. The van der Waals surface area contributed by atoms with Gasteiger partial charge in [-0.15, -0.1) is 11.3 Å². The van der Waals surface area contributed by atoms with Crippen LogP contribution in [0, 0.1) is 0 Å². The van der Waals surface area contributed by atoms with E-state index in [4.69, 9.17) is 4.99 Å². The Labute approximate surface area is 172 Å². The number of aliphatic imine (C=N–C) groups is 1. The predicted octanol–water partition coefficient (Wildman–Crippen LogP) is 3.56. The molecule has 0 spiro atoms. The van der Waals surface area contributed by atoms with Gasteiger partial charge in [-0.25, -0.2) is 0 Å². The van der Waals surface area contributed by atoms with Crippen molar-refractivity contribution >= 4 is 17.3 Å². The highest BCUT2D eigenvalue weighted by atomic mass is 32.1. The number of nitrogens with zero attached hydrogens (tertiary/aromatic N) is 2. The van der Waals surface area contributed by atoms with Crippen LogP contribution in [-0.4, -0.2) is 48.7 Å². The van der Waals surface area contributed by atoms with Crippen LogP contribution in [0.1, 0.15) is 48.8 Å². The molecule has 1 aromatic heterocycles. The van der Waals surface area contributed by atoms with Gasteiger partial charge in [0.2, 0.25) is 0 Å². The van der Waals surface area contributed by atoms with Crippen molar-refractivity contribution in [3.8, 4) is 0 Å². The molecular weight excluding hydrogens is 368 g/mol. The summed E-state index contributed by atoms with van der Waals surface area (Å²) >= 11 is 1.82. The van der Waals surface area contributed by atoms with Crippen LogP contribution in [0.4, 0.5) is 0 Å². The van der Waals surface area contributed by atoms with Crippen molar-refractivity contribution in [2.24, 2.45) is 4.99 Å². The standard InChI is InChI=1S/C22H32N4OS/c1-2-23-22(24-13-12-20(27)18-9-4-3-5-10-18)25-17-19(21-11-8-16-28-21)26-14-6-7-15-26/h3-5,8-11,16,19-20,27H,2,6-7,12-15,17H2,1H3,(H2,23,24,25). The van der Waals surface area contributed by atoms with E-state index in [0.29, 0.717) is 19.0 Å². The van der Waals surface area contributed by atoms with Crippen molar-refractivity contribution in [2.75, 3.05) is 32.7 Å². The number of thiophene rings is 1. The summed E-state index contributed by atoms with van der Waals surface area (Å²) in [6.45, 7) is 6.64. The van der Waals surface area contributed by atoms with Crippen LogP contribution in [-0.2, 0) is 0 Å². The highest BCUT2D eigenvalue weighted by Crippen LogP contribution is 2.28. The van der Waals surface area contributed by atoms with E-state index in [1.165, 1.54) is 17.7 Å². The SMILES string of the molecule is CCNC(=NCC(c1cccs1)N1CCCC1)NCCC(O)c1ccccc1. The van der Waals surface area contributed by atoms with Crippen LogP contribution < -0.4 is 10.6 Å². The first kappa shape index (κ1) is 20.8. The molecule has 2 atom stereocenters. The summed E-state index contributed by atoms with van der Waals surface area (Å²) in [7, 11) is 0. The quantitative estimate of drug-likeness (QED) is 0.445. The highest BCUT2D eigenvalue weighted by Gasteiger charge is 2.24. The number of guanidine groups is 1. The average Bonchev–Trinajstić information content (AvgIpc) is 3.43. The second-order valence-electron chi connectivity index (χ2n) is 7.14. The Morgan fingerprint density at radius 3 is 2.61 bits per heavy atom. The largest absolute Gasteiger partial charge is 0.388 e. The topological polar surface area (TPSA) is 59.9 Å². The fourth-order valence-corrected chi connectivity index (χ4v) is 4.46. The fraction of sp³-hybridized carbons (Fsp3) is 0.500. The number of aliphatic hydroxyl groups excluding tert-OH is 1. The zero-order chi connectivity index (χ0) is 19.6. The third kappa shape index (κ3) is 6.06. The minimum Gasteiger partial charge on any atom is -0.388 e. The number of aliphatic hydroxyl groups is 1. The van der Waals surface area contributed by atoms with Crippen molar-refractivity contribution in [3.63, 3.8) is 0 Å². The van der Waals surface area contributed by atoms with E-state index in [1.54, 1.807) is 0 Å². The molecule has 1 aromatic carbocycles. The smallest absolute Gasteiger partial charge is 0.191 e. The molecule has 0 radical (unpaired) electrons. The van der Waals surface area contributed by atoms with Gasteiger partial charge in [0.05, 0.1) is 18.7 Å². The summed E-state index contributed by atoms with van der Waals surface area (Å²) in [5.74, 6) is 0.823. The van der Waals surface area contributed by atoms with E-state index in [1.807, 2.05) is 41.7 Å². The number of rotatable bonds is 9. The first-order valence-corrected chi connectivity index (χ1v) is 11.2. The molecule has 6 heteroatoms. The maximum absolute atomic E-state index is 10.3. The van der Waals surface area contributed by atoms with E-state index in [2.05, 4.69) is 40.0 Å². The summed E-state index contributed by atoms with van der Waals surface area (Å²) in [4.78, 5) is 8.81. The summed E-state index contributed by atoms with van der Waals surface area (Å²) in [6, 6.07) is 14.5. The van der Waals surface area contributed by atoms with Crippen LogP contribution in [0.5, 0.6) is 0 Å². The third-order valence-corrected chi connectivity index (χ3v) is 6.09. The zero-order valence-corrected chi connectivity index (χ0v) is 17.5. The van der Waals surface area contributed by atoms with Crippen LogP contribution >= 0.6 is 11.3 Å². The summed E-state index contributed by atoms with van der Waals surface area (Å²) in [5.41, 5.74) is 0.957. The highest BCUT2D eigenvalue weighted by molar-refractivity contribution is 7.10. The lowest BCUT2D eigenvalue weighted by atomic mass is 10.1. The van der Waals surface area contributed by atoms with Gasteiger partial charge in [0, 0.05) is 18.0 Å². The average molecular weight is 401 g/mol. The number of hydrogen-bond donors (Lipinski definition) is 3. The van der Waals surface area contributed by atoms with E-state index in [0.717, 1.165) is 37.7 Å². The van der Waals surface area contributed by atoms with Crippen LogP contribution in [0.25, 0.3) is 0 Å². The molecule has 152 valence electrons. The second-order valence-corrected chi connectivity index (χ2v) is 8.12. The molecule has 2 heterocycles. The van der Waals surface area contributed by atoms with E-state index >= 15 is 0 Å². The lowest BCUT2D eigenvalue weighted by Gasteiger charge is -2.25. The number of likely N-dealkylation sites (tertiary alicyclic amines) is 1. The molecule has 1 aliphatic heterocycles. The molecule has 3 N–H and O–H groups in total. The summed E-state index contributed by atoms with van der Waals surface area (Å²) < 4.78 is 0. The Kier molecular flexibility index (Phi) is 8.33. The van der Waals surface area contributed by atoms with Gasteiger partial charge >= 0.3 is 0 Å². The Bertz CT molecular complexity index is 699. The van der Waals surface area contributed by atoms with E-state index in [9.17, 15) is 5.11 Å². The predicted molar refractivity (Wildman–Crippen MR) is 118 cm³/mol. The first-order valence-electron chi connectivity index (χ1n) is 10.3. The molecule has 0 amide bonds. The molecule has 0 saturated carbocycles. The molecule has 1 saturated heterocycles. The van der Waals surface area contributed by atoms with Gasteiger partial charge in [0.1, 0.15) is 0 Å². The van der Waals surface area contributed by atoms with Gasteiger partial charge in [0.15, 0.2) is 5.96 Å². The monoisotopic (exact) mass is 400 g/mol. The molecular formula is C22H32N4OS. The number of hydrogen-bond acceptors (Lipinski definition) is 4. The molecule has 2 aromatic rings. The van der Waals surface area contributed by atoms with Crippen molar-refractivity contribution in [3.05, 3.63) is 58.3 Å². The van der Waals surface area contributed by atoms with Crippen molar-refractivity contribution < 1.29 is 5.11 Å². The summed E-state index contributed by atoms with van der Waals surface area (Å²) in [6.07, 6.45) is 2.75. The number of benzene rings is 1. The Balaban J connectivity index is 1.56. The lowest BCUT2D eigenvalue weighted by molar-refractivity contribution is 0.168. The van der Waals surface area contributed by atoms with Crippen LogP contribution in [0.15, 0.2) is 52.8 Å².